The highest BCUT2D eigenvalue weighted by Crippen LogP contribution is 2.30. The van der Waals surface area contributed by atoms with E-state index in [4.69, 9.17) is 4.74 Å². The first-order chi connectivity index (χ1) is 12.1. The molecule has 1 aliphatic carbocycles. The minimum atomic E-state index is -0.746. The molecule has 0 saturated heterocycles. The Morgan fingerprint density at radius 2 is 2.28 bits per heavy atom. The van der Waals surface area contributed by atoms with Gasteiger partial charge >= 0.3 is 5.69 Å². The van der Waals surface area contributed by atoms with Crippen molar-refractivity contribution in [1.82, 2.24) is 14.9 Å². The van der Waals surface area contributed by atoms with Crippen LogP contribution in [0.4, 0.5) is 5.69 Å². The Morgan fingerprint density at radius 3 is 3.04 bits per heavy atom. The van der Waals surface area contributed by atoms with Crippen molar-refractivity contribution in [3.8, 4) is 5.75 Å². The molecule has 2 N–H and O–H groups in total. The van der Waals surface area contributed by atoms with E-state index in [0.29, 0.717) is 12.6 Å². The van der Waals surface area contributed by atoms with Crippen molar-refractivity contribution >= 4 is 5.69 Å². The van der Waals surface area contributed by atoms with Crippen LogP contribution in [0.15, 0.2) is 43.0 Å². The Kier molecular flexibility index (Phi) is 5.62. The van der Waals surface area contributed by atoms with Gasteiger partial charge in [0.05, 0.1) is 11.3 Å². The number of hydrogen-bond acceptors (Lipinski definition) is 6. The molecule has 1 saturated carbocycles. The number of aromatic nitrogens is 2. The van der Waals surface area contributed by atoms with Gasteiger partial charge in [-0.05, 0) is 25.3 Å². The Labute approximate surface area is 145 Å². The number of imidazole rings is 1. The second-order valence-corrected chi connectivity index (χ2v) is 6.21. The van der Waals surface area contributed by atoms with E-state index in [0.717, 1.165) is 19.3 Å². The molecule has 0 aliphatic heterocycles. The molecule has 1 heterocycles. The molecule has 1 fully saturated rings. The van der Waals surface area contributed by atoms with Crippen molar-refractivity contribution in [3.05, 3.63) is 53.1 Å². The average molecular weight is 346 g/mol. The number of aliphatic hydroxyl groups excluding tert-OH is 1. The molecule has 8 heteroatoms. The van der Waals surface area contributed by atoms with E-state index in [1.54, 1.807) is 18.3 Å². The summed E-state index contributed by atoms with van der Waals surface area (Å²) < 4.78 is 7.53. The van der Waals surface area contributed by atoms with Crippen LogP contribution in [0.25, 0.3) is 0 Å². The maximum atomic E-state index is 11.0. The Bertz CT molecular complexity index is 692. The molecule has 134 valence electrons. The van der Waals surface area contributed by atoms with Crippen molar-refractivity contribution in [2.75, 3.05) is 13.2 Å². The van der Waals surface area contributed by atoms with Gasteiger partial charge in [0, 0.05) is 37.1 Å². The van der Waals surface area contributed by atoms with Gasteiger partial charge in [0.2, 0.25) is 0 Å². The summed E-state index contributed by atoms with van der Waals surface area (Å²) in [6, 6.07) is 6.78. The van der Waals surface area contributed by atoms with E-state index < -0.39 is 11.0 Å². The summed E-state index contributed by atoms with van der Waals surface area (Å²) in [5, 5.41) is 24.5. The predicted molar refractivity (Wildman–Crippen MR) is 91.5 cm³/mol. The van der Waals surface area contributed by atoms with Crippen molar-refractivity contribution in [1.29, 1.82) is 0 Å². The maximum Gasteiger partial charge on any atom is 0.310 e. The van der Waals surface area contributed by atoms with Crippen molar-refractivity contribution < 1.29 is 14.8 Å². The number of nitro groups is 1. The highest BCUT2D eigenvalue weighted by molar-refractivity contribution is 5.45. The number of benzene rings is 1. The molecular weight excluding hydrogens is 324 g/mol. The van der Waals surface area contributed by atoms with Gasteiger partial charge in [-0.25, -0.2) is 4.98 Å². The zero-order valence-corrected chi connectivity index (χ0v) is 13.8. The lowest BCUT2D eigenvalue weighted by Crippen LogP contribution is -2.40. The van der Waals surface area contributed by atoms with Crippen LogP contribution in [0.2, 0.25) is 0 Å². The summed E-state index contributed by atoms with van der Waals surface area (Å²) in [4.78, 5) is 14.6. The summed E-state index contributed by atoms with van der Waals surface area (Å²) in [5.74, 6) is 0.170. The average Bonchev–Trinajstić information content (AvgIpc) is 3.29. The molecule has 8 nitrogen and oxygen atoms in total. The number of nitrogens with one attached hydrogen (secondary N) is 1. The minimum Gasteiger partial charge on any atom is -0.484 e. The second-order valence-electron chi connectivity index (χ2n) is 6.21. The van der Waals surface area contributed by atoms with Gasteiger partial charge < -0.3 is 19.7 Å². The molecule has 1 aliphatic rings. The summed E-state index contributed by atoms with van der Waals surface area (Å²) in [7, 11) is 0. The fourth-order valence-corrected chi connectivity index (χ4v) is 3.26. The molecule has 1 unspecified atom stereocenters. The first-order valence-electron chi connectivity index (χ1n) is 8.40. The first-order valence-corrected chi connectivity index (χ1v) is 8.40. The van der Waals surface area contributed by atoms with Crippen LogP contribution in [-0.2, 0) is 0 Å². The summed E-state index contributed by atoms with van der Waals surface area (Å²) in [5.41, 5.74) is -0.0985. The summed E-state index contributed by atoms with van der Waals surface area (Å²) >= 11 is 0. The van der Waals surface area contributed by atoms with Gasteiger partial charge in [-0.15, -0.1) is 0 Å². The fraction of sp³-hybridized carbons (Fsp3) is 0.471. The van der Waals surface area contributed by atoms with Gasteiger partial charge in [0.25, 0.3) is 0 Å². The fourth-order valence-electron chi connectivity index (χ4n) is 3.26. The topological polar surface area (TPSA) is 102 Å². The third-order valence-electron chi connectivity index (χ3n) is 4.50. The normalized spacial score (nSPS) is 21.2. The molecule has 1 aromatic heterocycles. The lowest BCUT2D eigenvalue weighted by atomic mass is 10.1. The van der Waals surface area contributed by atoms with Gasteiger partial charge in [-0.3, -0.25) is 10.1 Å². The summed E-state index contributed by atoms with van der Waals surface area (Å²) in [6.45, 7) is 0.372. The minimum absolute atomic E-state index is 0.000313. The maximum absolute atomic E-state index is 11.0. The van der Waals surface area contributed by atoms with Gasteiger partial charge in [0.1, 0.15) is 12.7 Å². The van der Waals surface area contributed by atoms with Crippen LogP contribution >= 0.6 is 0 Å². The molecular formula is C17H22N4O4. The van der Waals surface area contributed by atoms with Gasteiger partial charge in [0.15, 0.2) is 5.75 Å². The molecule has 0 spiro atoms. The van der Waals surface area contributed by atoms with Crippen molar-refractivity contribution in [2.45, 2.75) is 37.5 Å². The highest BCUT2D eigenvalue weighted by atomic mass is 16.6. The molecule has 0 amide bonds. The number of nitrogens with zero attached hydrogens (tertiary/aromatic N) is 3. The molecule has 3 atom stereocenters. The van der Waals surface area contributed by atoms with Crippen molar-refractivity contribution in [2.24, 2.45) is 0 Å². The Balaban J connectivity index is 1.48. The van der Waals surface area contributed by atoms with E-state index in [1.807, 2.05) is 12.5 Å². The molecule has 0 bridgehead atoms. The van der Waals surface area contributed by atoms with Crippen LogP contribution in [0, 0.1) is 10.1 Å². The standard InChI is InChI=1S/C17H22N4O4/c22-13(11-25-17-7-2-1-5-16(17)21(23)24)10-19-14-4-3-6-15(14)20-9-8-18-12-20/h1-2,5,7-9,12-15,19,22H,3-4,6,10-11H2/t13?,14-,15+/m1/s1. The van der Waals surface area contributed by atoms with Crippen molar-refractivity contribution in [3.63, 3.8) is 0 Å². The van der Waals surface area contributed by atoms with E-state index in [1.165, 1.54) is 12.1 Å². The largest absolute Gasteiger partial charge is 0.484 e. The van der Waals surface area contributed by atoms with E-state index >= 15 is 0 Å². The number of aliphatic hydroxyl groups is 1. The highest BCUT2D eigenvalue weighted by Gasteiger charge is 2.28. The molecule has 1 aromatic carbocycles. The third kappa shape index (κ3) is 4.34. The number of para-hydroxylation sites is 2. The smallest absolute Gasteiger partial charge is 0.310 e. The number of ether oxygens (including phenoxy) is 1. The van der Waals surface area contributed by atoms with E-state index in [9.17, 15) is 15.2 Å². The molecule has 2 aromatic rings. The monoisotopic (exact) mass is 346 g/mol. The van der Waals surface area contributed by atoms with Crippen LogP contribution in [-0.4, -0.2) is 44.9 Å². The molecule has 3 rings (SSSR count). The Hall–Kier alpha value is -2.45. The summed E-state index contributed by atoms with van der Waals surface area (Å²) in [6.07, 6.45) is 8.05. The van der Waals surface area contributed by atoms with Crippen LogP contribution < -0.4 is 10.1 Å². The van der Waals surface area contributed by atoms with E-state index in [2.05, 4.69) is 14.9 Å². The SMILES string of the molecule is O=[N+]([O-])c1ccccc1OCC(O)CN[C@@H]1CCC[C@@H]1n1ccnc1. The van der Waals surface area contributed by atoms with Crippen LogP contribution in [0.1, 0.15) is 25.3 Å². The predicted octanol–water partition coefficient (Wildman–Crippen LogP) is 1.91. The molecule has 25 heavy (non-hydrogen) atoms. The Morgan fingerprint density at radius 1 is 1.44 bits per heavy atom. The second kappa shape index (κ2) is 8.09. The van der Waals surface area contributed by atoms with Crippen LogP contribution in [0.5, 0.6) is 5.75 Å². The third-order valence-corrected chi connectivity index (χ3v) is 4.50. The van der Waals surface area contributed by atoms with Gasteiger partial charge in [-0.1, -0.05) is 12.1 Å². The van der Waals surface area contributed by atoms with Crippen LogP contribution in [0.3, 0.4) is 0 Å². The van der Waals surface area contributed by atoms with E-state index in [-0.39, 0.29) is 24.1 Å². The first kappa shape index (κ1) is 17.4. The number of nitro benzene ring substituents is 1. The lowest BCUT2D eigenvalue weighted by Gasteiger charge is -2.23. The lowest BCUT2D eigenvalue weighted by molar-refractivity contribution is -0.385. The zero-order chi connectivity index (χ0) is 17.6. The zero-order valence-electron chi connectivity index (χ0n) is 13.8. The van der Waals surface area contributed by atoms with Gasteiger partial charge in [-0.2, -0.15) is 0 Å². The quantitative estimate of drug-likeness (QED) is 0.559. The molecule has 0 radical (unpaired) electrons. The number of hydrogen-bond donors (Lipinski definition) is 2. The number of rotatable bonds is 8.